The summed E-state index contributed by atoms with van der Waals surface area (Å²) in [5, 5.41) is 90.6. The van der Waals surface area contributed by atoms with E-state index in [9.17, 15) is 103 Å². The Morgan fingerprint density at radius 3 is 1.62 bits per heavy atom. The fraction of sp³-hybridized carbons (Fsp3) is 0.547. The zero-order valence-electron chi connectivity index (χ0n) is 72.2. The Hall–Kier alpha value is -10.9. The van der Waals surface area contributed by atoms with Crippen molar-refractivity contribution in [1.82, 2.24) is 73.2 Å². The van der Waals surface area contributed by atoms with E-state index >= 15 is 0 Å². The van der Waals surface area contributed by atoms with Crippen molar-refractivity contribution >= 4 is 110 Å². The van der Waals surface area contributed by atoms with Crippen molar-refractivity contribution in [3.05, 3.63) is 120 Å². The van der Waals surface area contributed by atoms with Crippen LogP contribution in [0.15, 0.2) is 103 Å². The first kappa shape index (κ1) is 104. The maximum atomic E-state index is 14.6. The van der Waals surface area contributed by atoms with E-state index in [2.05, 4.69) is 58.5 Å². The van der Waals surface area contributed by atoms with E-state index in [4.69, 9.17) is 5.73 Å². The second-order valence-electron chi connectivity index (χ2n) is 31.9. The highest BCUT2D eigenvalue weighted by atomic mass is 33.1. The number of hydrogen-bond donors (Lipinski definition) is 18. The van der Waals surface area contributed by atoms with Gasteiger partial charge in [0.2, 0.25) is 70.9 Å². The van der Waals surface area contributed by atoms with Crippen LogP contribution in [0.4, 0.5) is 0 Å². The lowest BCUT2D eigenvalue weighted by Crippen LogP contribution is -2.61. The molecule has 6 rings (SSSR count). The normalized spacial score (nSPS) is 20.0. The number of carbonyl (C=O) groups is 15. The topological polar surface area (TPSA) is 545 Å². The van der Waals surface area contributed by atoms with Gasteiger partial charge in [0.1, 0.15) is 60.0 Å². The number of aliphatic carboxylic acids is 2. The number of rotatable bonds is 36. The van der Waals surface area contributed by atoms with E-state index in [1.165, 1.54) is 78.1 Å². The van der Waals surface area contributed by atoms with E-state index in [0.717, 1.165) is 21.9 Å². The van der Waals surface area contributed by atoms with Crippen molar-refractivity contribution in [1.29, 1.82) is 0 Å². The van der Waals surface area contributed by atoms with Crippen LogP contribution in [0.1, 0.15) is 149 Å². The lowest BCUT2D eigenvalue weighted by Gasteiger charge is -2.34. The minimum absolute atomic E-state index is 0.00428. The van der Waals surface area contributed by atoms with Crippen molar-refractivity contribution in [2.45, 2.75) is 213 Å². The van der Waals surface area contributed by atoms with Gasteiger partial charge in [0.15, 0.2) is 0 Å². The number of carbonyl (C=O) groups excluding carboxylic acids is 13. The Morgan fingerprint density at radius 1 is 0.573 bits per heavy atom. The van der Waals surface area contributed by atoms with Crippen molar-refractivity contribution in [2.24, 2.45) is 29.4 Å². The van der Waals surface area contributed by atoms with Crippen LogP contribution >= 0.6 is 21.6 Å². The monoisotopic (exact) mass is 1770 g/mol. The van der Waals surface area contributed by atoms with Crippen molar-refractivity contribution in [3.8, 4) is 22.6 Å². The van der Waals surface area contributed by atoms with Gasteiger partial charge in [-0.15, -0.1) is 0 Å². The molecule has 0 spiro atoms. The molecule has 14 atom stereocenters. The van der Waals surface area contributed by atoms with Crippen molar-refractivity contribution in [3.63, 3.8) is 0 Å². The Morgan fingerprint density at radius 2 is 1.10 bits per heavy atom. The van der Waals surface area contributed by atoms with E-state index in [1.807, 2.05) is 90.9 Å². The number of carboxylic acid groups (broad SMARTS) is 2. The number of aliphatic hydroxyl groups excluding tert-OH is 2. The second kappa shape index (κ2) is 52.6. The summed E-state index contributed by atoms with van der Waals surface area (Å²) in [6.07, 6.45) is -2.61. The Balaban J connectivity index is 0.000000561. The molecule has 0 saturated carbocycles. The first-order valence-corrected chi connectivity index (χ1v) is 44.3. The highest BCUT2D eigenvalue weighted by molar-refractivity contribution is 8.76. The minimum Gasteiger partial charge on any atom is -0.508 e. The van der Waals surface area contributed by atoms with Crippen LogP contribution in [-0.2, 0) is 80.0 Å². The first-order chi connectivity index (χ1) is 58.7. The third kappa shape index (κ3) is 35.4. The van der Waals surface area contributed by atoms with Gasteiger partial charge in [0.25, 0.3) is 5.91 Å². The molecule has 4 aromatic carbocycles. The van der Waals surface area contributed by atoms with Gasteiger partial charge in [-0.3, -0.25) is 77.2 Å². The second-order valence-corrected chi connectivity index (χ2v) is 34.5. The molecule has 0 radical (unpaired) electrons. The predicted octanol–water partition coefficient (Wildman–Crippen LogP) is 1.79. The van der Waals surface area contributed by atoms with Crippen LogP contribution < -0.4 is 64.2 Å². The lowest BCUT2D eigenvalue weighted by atomic mass is 10.0. The summed E-state index contributed by atoms with van der Waals surface area (Å²) >= 11 is 0. The van der Waals surface area contributed by atoms with Gasteiger partial charge in [-0.25, -0.2) is 0 Å². The maximum Gasteiger partial charge on any atom is 0.305 e. The molecule has 2 aliphatic heterocycles. The van der Waals surface area contributed by atoms with Crippen LogP contribution in [0.3, 0.4) is 0 Å². The Kier molecular flexibility index (Phi) is 44.0. The summed E-state index contributed by atoms with van der Waals surface area (Å²) in [7, 11) is 2.29. The molecule has 2 fully saturated rings. The molecule has 682 valence electrons. The average molecular weight is 1770 g/mol. The quantitative estimate of drug-likeness (QED) is 0.0228. The number of nitrogens with one attached hydrogen (secondary N) is 11. The number of phenolic OH excluding ortho intramolecular Hbond substituents is 2. The molecule has 2 heterocycles. The fourth-order valence-electron chi connectivity index (χ4n) is 13.5. The summed E-state index contributed by atoms with van der Waals surface area (Å²) in [5.41, 5.74) is 8.72. The van der Waals surface area contributed by atoms with Crippen LogP contribution in [0.2, 0.25) is 0 Å². The standard InChI is InChI=1S/C58H73N9O14S2.C28H52N6O7/c1-32(2)25-45(64-51(74)39-18-16-38(17-19-39)37-9-6-5-7-10-37)58(81)67-24-8-11-47(67)56(79)65-46-31-83-82-30-33(3)60-57(80)50(34(4)68)66-48(71)29-59-52(75)42(26-35-12-20-40(69)21-13-35)61-53(76)43(27-36-14-22-41(70)23-15-36)62-54(77)44(28-49(72)73)63-55(46)78;1-8-19(5)27(40)33(12-10-29)14-15-34(28(41)20(6)9-2)13-11-30-25(38)23(17-24(36)37)32-26(39)22(16-18(3)4)31-21(7)35/h5-7,9-10,12-23,32-34,42-47,50,56,65,68-70,79H,8,11,24-31H2,1-4H3,(H,59,75)(H,60,80)(H,61,76)(H,62,77)(H,63,78)(H,64,74)(H,66,71)(H,72,73);18-20,22-23H,8-17,29H2,1-7H3,(H,30,38)(H,31,35)(H,32,39)(H,36,37)/t33-,34?,42+,43+,44+,45+,46+,47+,50+,56+;19?,20?,22-,23-/m10/s1. The largest absolute Gasteiger partial charge is 0.508 e. The molecule has 13 amide bonds. The number of aliphatic hydroxyl groups is 2. The summed E-state index contributed by atoms with van der Waals surface area (Å²) in [6, 6.07) is 15.1. The molecule has 36 nitrogen and oxygen atoms in total. The molecule has 0 bridgehead atoms. The third-order valence-corrected chi connectivity index (χ3v) is 23.2. The predicted molar refractivity (Wildman–Crippen MR) is 466 cm³/mol. The molecular weight excluding hydrogens is 1640 g/mol. The van der Waals surface area contributed by atoms with Crippen LogP contribution in [0.25, 0.3) is 11.1 Å². The number of nitrogens with zero attached hydrogens (tertiary/aromatic N) is 3. The van der Waals surface area contributed by atoms with E-state index in [-0.39, 0.29) is 123 Å². The molecule has 2 saturated heterocycles. The molecule has 124 heavy (non-hydrogen) atoms. The summed E-state index contributed by atoms with van der Waals surface area (Å²) in [4.78, 5) is 204. The zero-order valence-corrected chi connectivity index (χ0v) is 73.9. The number of benzene rings is 4. The Bertz CT molecular complexity index is 4210. The fourth-order valence-corrected chi connectivity index (χ4v) is 15.9. The molecule has 0 aromatic heterocycles. The third-order valence-electron chi connectivity index (χ3n) is 20.6. The van der Waals surface area contributed by atoms with E-state index < -0.39 is 169 Å². The Labute approximate surface area is 731 Å². The molecule has 3 unspecified atom stereocenters. The number of carboxylic acids is 2. The smallest absolute Gasteiger partial charge is 0.305 e. The molecule has 4 aromatic rings. The number of hydrogen-bond acceptors (Lipinski definition) is 23. The van der Waals surface area contributed by atoms with Gasteiger partial charge in [0, 0.05) is 101 Å². The van der Waals surface area contributed by atoms with Gasteiger partial charge >= 0.3 is 11.9 Å². The van der Waals surface area contributed by atoms with Gasteiger partial charge < -0.3 is 104 Å². The lowest BCUT2D eigenvalue weighted by molar-refractivity contribution is -0.142. The molecule has 19 N–H and O–H groups in total. The van der Waals surface area contributed by atoms with Crippen LogP contribution in [0, 0.1) is 23.7 Å². The number of phenols is 2. The average Bonchev–Trinajstić information content (AvgIpc) is 1.37. The van der Waals surface area contributed by atoms with Gasteiger partial charge in [-0.2, -0.15) is 0 Å². The maximum absolute atomic E-state index is 14.6. The molecule has 38 heteroatoms. The molecule has 0 aliphatic carbocycles. The van der Waals surface area contributed by atoms with Crippen LogP contribution in [0.5, 0.6) is 11.5 Å². The summed E-state index contributed by atoms with van der Waals surface area (Å²) in [5.74, 6) is -12.0. The summed E-state index contributed by atoms with van der Waals surface area (Å²) in [6.45, 7) is 20.0. The number of aromatic hydroxyl groups is 2. The highest BCUT2D eigenvalue weighted by Crippen LogP contribution is 2.28. The summed E-state index contributed by atoms with van der Waals surface area (Å²) < 4.78 is 0. The van der Waals surface area contributed by atoms with Crippen molar-refractivity contribution in [2.75, 3.05) is 63.9 Å². The van der Waals surface area contributed by atoms with Crippen molar-refractivity contribution < 1.29 is 103 Å². The molecular formula is C86H125N15O21S2. The number of likely N-dealkylation sites (tertiary alicyclic amines) is 1. The number of nitrogens with two attached hydrogens (primary N) is 1. The first-order valence-electron chi connectivity index (χ1n) is 41.8. The van der Waals surface area contributed by atoms with Gasteiger partial charge in [-0.1, -0.05) is 144 Å². The van der Waals surface area contributed by atoms with E-state index in [1.54, 1.807) is 35.8 Å². The zero-order chi connectivity index (χ0) is 92.0. The SMILES string of the molecule is CC(C)C[C@H](NC(=O)c1ccc(-c2ccccc2)cc1)C(=O)N1CCC[C@H]1[C@H](O)N[C@H]1CSSC[C@@H](C)NC(=O)[C@H](C(C)O)NC(=O)CNC(=O)[C@H](Cc2ccc(O)cc2)NC(=O)[C@H](Cc2ccc(O)cc2)NC(=O)[C@H](CC(=O)O)NC1=O.CCC(C)C(=O)N(CCN)CCN(CCNC(=O)[C@H](CC(=O)O)NC(=O)[C@H](CC(C)C)NC(C)=O)C(=O)C(C)CC. The number of amides is 13. The molecule has 2 aliphatic rings. The highest BCUT2D eigenvalue weighted by Gasteiger charge is 2.41. The van der Waals surface area contributed by atoms with Gasteiger partial charge in [0.05, 0.1) is 37.6 Å². The minimum atomic E-state index is -1.86. The van der Waals surface area contributed by atoms with Gasteiger partial charge in [-0.05, 0) is 123 Å². The van der Waals surface area contributed by atoms with Crippen LogP contribution in [-0.4, -0.2) is 271 Å². The van der Waals surface area contributed by atoms with E-state index in [0.29, 0.717) is 48.9 Å².